The minimum atomic E-state index is -4.31. The van der Waals surface area contributed by atoms with Gasteiger partial charge in [0.1, 0.15) is 11.6 Å². The number of sulfonamides is 1. The summed E-state index contributed by atoms with van der Waals surface area (Å²) < 4.78 is 55.9. The summed E-state index contributed by atoms with van der Waals surface area (Å²) in [4.78, 5) is 30.1. The summed E-state index contributed by atoms with van der Waals surface area (Å²) in [5.74, 6) is -2.99. The van der Waals surface area contributed by atoms with Crippen molar-refractivity contribution in [1.29, 1.82) is 0 Å². The molecule has 1 fully saturated rings. The third kappa shape index (κ3) is 6.31. The maximum Gasteiger partial charge on any atom is 0.258 e. The molecule has 2 aliphatic heterocycles. The van der Waals surface area contributed by atoms with Crippen LogP contribution in [0.25, 0.3) is 0 Å². The number of aromatic amines is 1. The number of piperazine rings is 1. The molecule has 44 heavy (non-hydrogen) atoms. The van der Waals surface area contributed by atoms with Gasteiger partial charge in [0.15, 0.2) is 5.82 Å². The van der Waals surface area contributed by atoms with Gasteiger partial charge in [0.05, 0.1) is 22.2 Å². The molecule has 1 atom stereocenters. The zero-order chi connectivity index (χ0) is 32.0. The van der Waals surface area contributed by atoms with E-state index in [9.17, 15) is 26.8 Å². The average Bonchev–Trinajstić information content (AvgIpc) is 3.36. The average molecular weight is 631 g/mol. The van der Waals surface area contributed by atoms with Crippen LogP contribution in [0.2, 0.25) is 0 Å². The second-order valence-corrected chi connectivity index (χ2v) is 13.9. The summed E-state index contributed by atoms with van der Waals surface area (Å²) in [7, 11) is -2.27. The van der Waals surface area contributed by atoms with Crippen molar-refractivity contribution in [3.8, 4) is 0 Å². The molecule has 3 heterocycles. The number of aromatic nitrogens is 2. The molecule has 12 nitrogen and oxygen atoms in total. The number of anilines is 3. The van der Waals surface area contributed by atoms with Gasteiger partial charge in [0, 0.05) is 67.7 Å². The van der Waals surface area contributed by atoms with Gasteiger partial charge in [-0.3, -0.25) is 14.7 Å². The van der Waals surface area contributed by atoms with Crippen LogP contribution >= 0.6 is 0 Å². The summed E-state index contributed by atoms with van der Waals surface area (Å²) in [5, 5.41) is 12.7. The Labute approximate surface area is 254 Å². The van der Waals surface area contributed by atoms with Crippen LogP contribution < -0.4 is 21.3 Å². The van der Waals surface area contributed by atoms with E-state index in [1.165, 1.54) is 6.92 Å². The molecule has 5 N–H and O–H groups in total. The number of likely N-dealkylation sites (N-methyl/N-ethyl adjacent to an activating group) is 1. The summed E-state index contributed by atoms with van der Waals surface area (Å²) in [6, 6.07) is 6.46. The van der Waals surface area contributed by atoms with Crippen molar-refractivity contribution in [3.05, 3.63) is 64.9 Å². The van der Waals surface area contributed by atoms with Crippen LogP contribution in [0.15, 0.2) is 41.3 Å². The number of nitrogens with one attached hydrogen (secondary N) is 3. The second-order valence-electron chi connectivity index (χ2n) is 11.9. The van der Waals surface area contributed by atoms with Crippen molar-refractivity contribution in [2.45, 2.75) is 43.7 Å². The molecule has 0 saturated carbocycles. The topological polar surface area (TPSA) is 157 Å². The lowest BCUT2D eigenvalue weighted by molar-refractivity contribution is -0.117. The summed E-state index contributed by atoms with van der Waals surface area (Å²) in [6.07, 6.45) is 0. The van der Waals surface area contributed by atoms with E-state index in [0.717, 1.165) is 48.3 Å². The van der Waals surface area contributed by atoms with E-state index in [1.807, 2.05) is 7.05 Å². The largest absolute Gasteiger partial charge is 0.369 e. The highest BCUT2D eigenvalue weighted by Gasteiger charge is 2.41. The Hall–Kier alpha value is -3.92. The van der Waals surface area contributed by atoms with Crippen LogP contribution in [-0.4, -0.2) is 85.4 Å². The Kier molecular flexibility index (Phi) is 8.50. The number of fused-ring (bicyclic) bond motifs is 1. The van der Waals surface area contributed by atoms with Gasteiger partial charge in [-0.05, 0) is 44.3 Å². The van der Waals surface area contributed by atoms with E-state index >= 15 is 0 Å². The van der Waals surface area contributed by atoms with Gasteiger partial charge in [-0.25, -0.2) is 17.2 Å². The van der Waals surface area contributed by atoms with Gasteiger partial charge in [0.25, 0.3) is 5.91 Å². The van der Waals surface area contributed by atoms with Crippen LogP contribution in [0, 0.1) is 11.6 Å². The van der Waals surface area contributed by atoms with Gasteiger partial charge in [-0.1, -0.05) is 13.8 Å². The molecule has 2 amide bonds. The number of carbonyl (C=O) groups excluding carboxylic acids is 2. The van der Waals surface area contributed by atoms with Crippen molar-refractivity contribution >= 4 is 39.0 Å². The number of carbonyl (C=O) groups is 2. The Morgan fingerprint density at radius 3 is 2.34 bits per heavy atom. The number of amides is 2. The molecule has 5 rings (SSSR count). The molecule has 0 aliphatic carbocycles. The fourth-order valence-electron chi connectivity index (χ4n) is 5.45. The third-order valence-electron chi connectivity index (χ3n) is 7.94. The molecule has 1 saturated heterocycles. The monoisotopic (exact) mass is 630 g/mol. The second kappa shape index (κ2) is 11.9. The van der Waals surface area contributed by atoms with E-state index in [4.69, 9.17) is 5.73 Å². The van der Waals surface area contributed by atoms with Gasteiger partial charge >= 0.3 is 0 Å². The highest BCUT2D eigenvalue weighted by molar-refractivity contribution is 7.89. The first-order chi connectivity index (χ1) is 20.7. The predicted molar refractivity (Wildman–Crippen MR) is 162 cm³/mol. The predicted octanol–water partition coefficient (Wildman–Crippen LogP) is 2.46. The molecule has 0 unspecified atom stereocenters. The normalized spacial score (nSPS) is 18.0. The van der Waals surface area contributed by atoms with E-state index in [0.29, 0.717) is 17.3 Å². The Bertz CT molecular complexity index is 1680. The third-order valence-corrected chi connectivity index (χ3v) is 9.71. The molecular formula is C29H36F2N8O4S. The van der Waals surface area contributed by atoms with Crippen molar-refractivity contribution in [2.24, 2.45) is 5.73 Å². The summed E-state index contributed by atoms with van der Waals surface area (Å²) in [6.45, 7) is 8.20. The van der Waals surface area contributed by atoms with Crippen molar-refractivity contribution < 1.29 is 26.8 Å². The highest BCUT2D eigenvalue weighted by Crippen LogP contribution is 2.38. The minimum Gasteiger partial charge on any atom is -0.369 e. The molecule has 2 aromatic carbocycles. The standard InChI is InChI=1S/C29H36F2N8O4S/c1-17(32)27(40)33-24-14-20(38-9-7-37(4)8-10-38)5-6-22(24)28(41)34-26-23-15-39(16-29(2,3)25(23)35-36-26)44(42,43)21-12-18(30)11-19(31)13-21/h5-6,11-14,17H,7-10,15-16,32H2,1-4H3,(H,33,40)(H2,34,35,36,41)/t17-/m1/s1. The Morgan fingerprint density at radius 2 is 1.70 bits per heavy atom. The van der Waals surface area contributed by atoms with Crippen LogP contribution in [0.3, 0.4) is 0 Å². The maximum absolute atomic E-state index is 13.9. The fourth-order valence-corrected chi connectivity index (χ4v) is 7.06. The zero-order valence-electron chi connectivity index (χ0n) is 24.9. The fraction of sp³-hybridized carbons (Fsp3) is 0.414. The van der Waals surface area contributed by atoms with Gasteiger partial charge in [-0.2, -0.15) is 9.40 Å². The van der Waals surface area contributed by atoms with Gasteiger partial charge < -0.3 is 26.2 Å². The lowest BCUT2D eigenvalue weighted by Gasteiger charge is -2.36. The summed E-state index contributed by atoms with van der Waals surface area (Å²) in [5.41, 5.74) is 7.28. The van der Waals surface area contributed by atoms with Crippen LogP contribution in [0.4, 0.5) is 26.0 Å². The number of nitrogens with zero attached hydrogens (tertiary/aromatic N) is 4. The highest BCUT2D eigenvalue weighted by atomic mass is 32.2. The molecule has 236 valence electrons. The first-order valence-electron chi connectivity index (χ1n) is 14.1. The van der Waals surface area contributed by atoms with E-state index in [-0.39, 0.29) is 30.2 Å². The number of benzene rings is 2. The SMILES string of the molecule is C[C@@H](N)C(=O)Nc1cc(N2CCN(C)CC2)ccc1C(=O)Nc1n[nH]c2c1CN(S(=O)(=O)c1cc(F)cc(F)c1)CC2(C)C. The van der Waals surface area contributed by atoms with E-state index in [2.05, 4.69) is 30.6 Å². The maximum atomic E-state index is 13.9. The summed E-state index contributed by atoms with van der Waals surface area (Å²) >= 11 is 0. The van der Waals surface area contributed by atoms with Crippen LogP contribution in [0.1, 0.15) is 42.4 Å². The molecular weight excluding hydrogens is 594 g/mol. The number of H-pyrrole nitrogens is 1. The molecule has 0 spiro atoms. The Morgan fingerprint density at radius 1 is 1.05 bits per heavy atom. The molecule has 3 aromatic rings. The van der Waals surface area contributed by atoms with Gasteiger partial charge in [-0.15, -0.1) is 0 Å². The Balaban J connectivity index is 1.45. The lowest BCUT2D eigenvalue weighted by Crippen LogP contribution is -2.45. The molecule has 15 heteroatoms. The lowest BCUT2D eigenvalue weighted by atomic mass is 9.84. The molecule has 0 bridgehead atoms. The smallest absolute Gasteiger partial charge is 0.258 e. The van der Waals surface area contributed by atoms with Crippen LogP contribution in [0.5, 0.6) is 0 Å². The zero-order valence-corrected chi connectivity index (χ0v) is 25.8. The quantitative estimate of drug-likeness (QED) is 0.310. The number of nitrogens with two attached hydrogens (primary N) is 1. The van der Waals surface area contributed by atoms with Crippen molar-refractivity contribution in [3.63, 3.8) is 0 Å². The number of hydrogen-bond acceptors (Lipinski definition) is 8. The number of rotatable bonds is 7. The number of halogens is 2. The molecule has 1 aromatic heterocycles. The minimum absolute atomic E-state index is 0.00273. The van der Waals surface area contributed by atoms with Gasteiger partial charge in [0.2, 0.25) is 15.9 Å². The van der Waals surface area contributed by atoms with E-state index in [1.54, 1.807) is 32.0 Å². The molecule has 0 radical (unpaired) electrons. The first kappa shape index (κ1) is 31.5. The first-order valence-corrected chi connectivity index (χ1v) is 15.6. The molecule has 2 aliphatic rings. The van der Waals surface area contributed by atoms with Crippen LogP contribution in [-0.2, 0) is 26.8 Å². The van der Waals surface area contributed by atoms with Crippen molar-refractivity contribution in [2.75, 3.05) is 55.3 Å². The number of hydrogen-bond donors (Lipinski definition) is 4. The van der Waals surface area contributed by atoms with Crippen molar-refractivity contribution in [1.82, 2.24) is 19.4 Å². The van der Waals surface area contributed by atoms with E-state index < -0.39 is 49.8 Å².